The lowest BCUT2D eigenvalue weighted by Gasteiger charge is -2.43. The maximum absolute atomic E-state index is 5.84. The van der Waals surface area contributed by atoms with E-state index in [0.717, 1.165) is 60.2 Å². The highest BCUT2D eigenvalue weighted by molar-refractivity contribution is 5.63. The van der Waals surface area contributed by atoms with E-state index in [9.17, 15) is 0 Å². The Labute approximate surface area is 169 Å². The first kappa shape index (κ1) is 17.2. The maximum Gasteiger partial charge on any atom is 0.231 e. The van der Waals surface area contributed by atoms with Gasteiger partial charge in [0.2, 0.25) is 12.5 Å². The molecule has 0 spiro atoms. The number of hydrogen-bond donors (Lipinski definition) is 0. The topological polar surface area (TPSA) is 58.6 Å². The van der Waals surface area contributed by atoms with Crippen molar-refractivity contribution in [1.82, 2.24) is 4.90 Å². The molecule has 6 rings (SSSR count). The Morgan fingerprint density at radius 3 is 2.72 bits per heavy atom. The summed E-state index contributed by atoms with van der Waals surface area (Å²) in [5, 5.41) is 0. The summed E-state index contributed by atoms with van der Waals surface area (Å²) < 4.78 is 34.2. The summed E-state index contributed by atoms with van der Waals surface area (Å²) in [6.07, 6.45) is 1.83. The first-order valence-electron chi connectivity index (χ1n) is 9.94. The minimum atomic E-state index is 0.218. The molecule has 7 nitrogen and oxygen atoms in total. The average molecular weight is 397 g/mol. The number of nitrogens with zero attached hydrogens (tertiary/aromatic N) is 1. The zero-order valence-corrected chi connectivity index (χ0v) is 16.6. The highest BCUT2D eigenvalue weighted by Gasteiger charge is 2.39. The fourth-order valence-electron chi connectivity index (χ4n) is 5.18. The van der Waals surface area contributed by atoms with E-state index in [1.807, 2.05) is 0 Å². The molecule has 0 saturated carbocycles. The molecule has 0 N–H and O–H groups in total. The fraction of sp³-hybridized carbons (Fsp3) is 0.455. The maximum atomic E-state index is 5.84. The number of ether oxygens (including phenoxy) is 6. The molecule has 4 aliphatic heterocycles. The van der Waals surface area contributed by atoms with Crippen molar-refractivity contribution < 1.29 is 28.4 Å². The predicted molar refractivity (Wildman–Crippen MR) is 103 cm³/mol. The Hall–Kier alpha value is -2.64. The van der Waals surface area contributed by atoms with Gasteiger partial charge in [-0.15, -0.1) is 0 Å². The lowest BCUT2D eigenvalue weighted by atomic mass is 9.81. The van der Waals surface area contributed by atoms with Crippen LogP contribution in [0, 0.1) is 0 Å². The third-order valence-corrected chi connectivity index (χ3v) is 6.47. The van der Waals surface area contributed by atoms with Crippen molar-refractivity contribution in [3.05, 3.63) is 39.9 Å². The first-order valence-corrected chi connectivity index (χ1v) is 9.94. The van der Waals surface area contributed by atoms with Crippen LogP contribution >= 0.6 is 0 Å². The van der Waals surface area contributed by atoms with Crippen molar-refractivity contribution in [2.75, 3.05) is 34.4 Å². The predicted octanol–water partition coefficient (Wildman–Crippen LogP) is 2.95. The third kappa shape index (κ3) is 2.44. The highest BCUT2D eigenvalue weighted by atomic mass is 16.7. The monoisotopic (exact) mass is 397 g/mol. The standard InChI is InChI=1S/C22H23NO6/c1-24-17-6-13-8-23-4-3-12-5-18-21(29-11-27-18)22(25-2)19(12)16(23)7-14(13)15-9-26-10-28-20(15)17/h5-6,16H,3-4,7-11H2,1-2H3/t16-/m1/s1. The van der Waals surface area contributed by atoms with Gasteiger partial charge in [0.1, 0.15) is 0 Å². The number of hydrogen-bond acceptors (Lipinski definition) is 7. The number of fused-ring (bicyclic) bond motifs is 7. The molecule has 0 aromatic heterocycles. The first-order chi connectivity index (χ1) is 14.3. The molecule has 0 fully saturated rings. The molecule has 2 aromatic rings. The van der Waals surface area contributed by atoms with Crippen LogP contribution in [0.2, 0.25) is 0 Å². The van der Waals surface area contributed by atoms with E-state index in [0.29, 0.717) is 6.61 Å². The molecular formula is C22H23NO6. The quantitative estimate of drug-likeness (QED) is 0.772. The molecule has 0 amide bonds. The molecular weight excluding hydrogens is 374 g/mol. The molecule has 4 heterocycles. The van der Waals surface area contributed by atoms with Gasteiger partial charge < -0.3 is 28.4 Å². The van der Waals surface area contributed by atoms with E-state index in [1.165, 1.54) is 22.3 Å². The van der Waals surface area contributed by atoms with Crippen LogP contribution in [0.4, 0.5) is 0 Å². The summed E-state index contributed by atoms with van der Waals surface area (Å²) in [4.78, 5) is 2.52. The van der Waals surface area contributed by atoms with Crippen LogP contribution in [0.5, 0.6) is 28.7 Å². The molecule has 4 aliphatic rings. The van der Waals surface area contributed by atoms with Crippen LogP contribution in [-0.2, 0) is 30.7 Å². The van der Waals surface area contributed by atoms with Crippen LogP contribution < -0.4 is 23.7 Å². The van der Waals surface area contributed by atoms with Gasteiger partial charge in [-0.05, 0) is 41.7 Å². The molecule has 0 bridgehead atoms. The molecule has 7 heteroatoms. The van der Waals surface area contributed by atoms with Gasteiger partial charge >= 0.3 is 0 Å². The van der Waals surface area contributed by atoms with Crippen molar-refractivity contribution in [3.8, 4) is 28.7 Å². The fourth-order valence-corrected chi connectivity index (χ4v) is 5.18. The number of benzene rings is 2. The summed E-state index contributed by atoms with van der Waals surface area (Å²) in [5.74, 6) is 3.93. The van der Waals surface area contributed by atoms with Crippen LogP contribution in [-0.4, -0.2) is 39.3 Å². The largest absolute Gasteiger partial charge is 0.493 e. The van der Waals surface area contributed by atoms with Gasteiger partial charge in [0.15, 0.2) is 29.8 Å². The van der Waals surface area contributed by atoms with Crippen LogP contribution in [0.25, 0.3) is 0 Å². The zero-order valence-electron chi connectivity index (χ0n) is 16.6. The van der Waals surface area contributed by atoms with Crippen molar-refractivity contribution >= 4 is 0 Å². The second-order valence-corrected chi connectivity index (χ2v) is 7.79. The molecule has 0 radical (unpaired) electrons. The van der Waals surface area contributed by atoms with Gasteiger partial charge in [-0.2, -0.15) is 0 Å². The molecule has 0 unspecified atom stereocenters. The second kappa shape index (κ2) is 6.43. The lowest BCUT2D eigenvalue weighted by molar-refractivity contribution is -0.0191. The minimum Gasteiger partial charge on any atom is -0.493 e. The minimum absolute atomic E-state index is 0.218. The summed E-state index contributed by atoms with van der Waals surface area (Å²) in [6, 6.07) is 4.47. The number of rotatable bonds is 2. The van der Waals surface area contributed by atoms with E-state index in [1.54, 1.807) is 14.2 Å². The van der Waals surface area contributed by atoms with Crippen molar-refractivity contribution in [3.63, 3.8) is 0 Å². The Morgan fingerprint density at radius 1 is 0.966 bits per heavy atom. The molecule has 2 aromatic carbocycles. The molecule has 152 valence electrons. The van der Waals surface area contributed by atoms with Crippen molar-refractivity contribution in [1.29, 1.82) is 0 Å². The Morgan fingerprint density at radius 2 is 1.86 bits per heavy atom. The summed E-state index contributed by atoms with van der Waals surface area (Å²) in [5.41, 5.74) is 6.20. The van der Waals surface area contributed by atoms with Crippen LogP contribution in [0.1, 0.15) is 33.9 Å². The molecule has 1 atom stereocenters. The van der Waals surface area contributed by atoms with Crippen molar-refractivity contribution in [2.24, 2.45) is 0 Å². The summed E-state index contributed by atoms with van der Waals surface area (Å²) in [6.45, 7) is 2.91. The van der Waals surface area contributed by atoms with Gasteiger partial charge in [0.25, 0.3) is 0 Å². The van der Waals surface area contributed by atoms with Gasteiger partial charge in [-0.1, -0.05) is 0 Å². The Balaban J connectivity index is 1.49. The van der Waals surface area contributed by atoms with E-state index in [2.05, 4.69) is 17.0 Å². The van der Waals surface area contributed by atoms with E-state index in [-0.39, 0.29) is 19.6 Å². The molecule has 0 saturated heterocycles. The van der Waals surface area contributed by atoms with Crippen molar-refractivity contribution in [2.45, 2.75) is 32.0 Å². The SMILES string of the molecule is COc1cc2c(c3c1OCOC3)C[C@@H]1c3c(cc4c(c3OC)OCO4)CCN1C2. The van der Waals surface area contributed by atoms with Crippen LogP contribution in [0.3, 0.4) is 0 Å². The van der Waals surface area contributed by atoms with E-state index in [4.69, 9.17) is 28.4 Å². The average Bonchev–Trinajstić information content (AvgIpc) is 3.24. The number of methoxy groups -OCH3 is 2. The third-order valence-electron chi connectivity index (χ3n) is 6.47. The van der Waals surface area contributed by atoms with E-state index >= 15 is 0 Å². The zero-order chi connectivity index (χ0) is 19.5. The molecule has 29 heavy (non-hydrogen) atoms. The smallest absolute Gasteiger partial charge is 0.231 e. The highest BCUT2D eigenvalue weighted by Crippen LogP contribution is 2.52. The van der Waals surface area contributed by atoms with Gasteiger partial charge in [0, 0.05) is 30.3 Å². The van der Waals surface area contributed by atoms with Gasteiger partial charge in [-0.3, -0.25) is 4.90 Å². The van der Waals surface area contributed by atoms with Gasteiger partial charge in [-0.25, -0.2) is 0 Å². The lowest BCUT2D eigenvalue weighted by Crippen LogP contribution is -2.40. The van der Waals surface area contributed by atoms with Gasteiger partial charge in [0.05, 0.1) is 20.8 Å². The van der Waals surface area contributed by atoms with E-state index < -0.39 is 0 Å². The molecule has 0 aliphatic carbocycles. The van der Waals surface area contributed by atoms with Crippen LogP contribution in [0.15, 0.2) is 12.1 Å². The summed E-state index contributed by atoms with van der Waals surface area (Å²) >= 11 is 0. The normalized spacial score (nSPS) is 21.4. The summed E-state index contributed by atoms with van der Waals surface area (Å²) in [7, 11) is 3.40. The Kier molecular flexibility index (Phi) is 3.82. The Bertz CT molecular complexity index is 1000. The second-order valence-electron chi connectivity index (χ2n) is 7.79.